The summed E-state index contributed by atoms with van der Waals surface area (Å²) in [7, 11) is 1.57. The molecule has 2 aromatic heterocycles. The summed E-state index contributed by atoms with van der Waals surface area (Å²) in [6.07, 6.45) is 5.80. The van der Waals surface area contributed by atoms with Crippen molar-refractivity contribution in [3.05, 3.63) is 40.1 Å². The highest BCUT2D eigenvalue weighted by molar-refractivity contribution is 5.92. The molecule has 1 amide bonds. The topological polar surface area (TPSA) is 85.9 Å². The maximum atomic E-state index is 13.0. The second-order valence-corrected chi connectivity index (χ2v) is 8.74. The summed E-state index contributed by atoms with van der Waals surface area (Å²) in [5.41, 5.74) is 1.09. The largest absolute Gasteiger partial charge is 0.331 e. The minimum Gasteiger partial charge on any atom is -0.331 e. The van der Waals surface area contributed by atoms with Crippen LogP contribution in [0.15, 0.2) is 23.1 Å². The Morgan fingerprint density at radius 1 is 1.11 bits per heavy atom. The van der Waals surface area contributed by atoms with Crippen LogP contribution in [0.5, 0.6) is 0 Å². The molecule has 4 rings (SSSR count). The van der Waals surface area contributed by atoms with E-state index in [-0.39, 0.29) is 35.0 Å². The van der Waals surface area contributed by atoms with Crippen LogP contribution in [0.3, 0.4) is 0 Å². The first kappa shape index (κ1) is 17.9. The molecule has 2 atom stereocenters. The van der Waals surface area contributed by atoms with Gasteiger partial charge in [0.25, 0.3) is 11.5 Å². The Kier molecular flexibility index (Phi) is 4.16. The summed E-state index contributed by atoms with van der Waals surface area (Å²) in [4.78, 5) is 26.5. The second kappa shape index (κ2) is 6.28. The zero-order valence-corrected chi connectivity index (χ0v) is 16.3. The maximum absolute atomic E-state index is 13.0. The fourth-order valence-electron chi connectivity index (χ4n) is 4.24. The molecule has 2 aliphatic rings. The molecule has 8 heteroatoms. The van der Waals surface area contributed by atoms with Gasteiger partial charge in [-0.15, -0.1) is 5.10 Å². The number of aromatic nitrogens is 5. The number of fused-ring (bicyclic) bond motifs is 2. The van der Waals surface area contributed by atoms with Crippen LogP contribution in [-0.4, -0.2) is 47.7 Å². The first-order chi connectivity index (χ1) is 12.7. The van der Waals surface area contributed by atoms with Crippen molar-refractivity contribution in [2.75, 3.05) is 0 Å². The van der Waals surface area contributed by atoms with Gasteiger partial charge in [-0.05, 0) is 31.7 Å². The number of hydrogen-bond acceptors (Lipinski definition) is 5. The van der Waals surface area contributed by atoms with Crippen molar-refractivity contribution in [1.82, 2.24) is 29.7 Å². The van der Waals surface area contributed by atoms with Crippen molar-refractivity contribution in [3.63, 3.8) is 0 Å². The molecule has 2 saturated heterocycles. The van der Waals surface area contributed by atoms with Gasteiger partial charge in [0.15, 0.2) is 0 Å². The number of hydrogen-bond donors (Lipinski definition) is 0. The van der Waals surface area contributed by atoms with Crippen molar-refractivity contribution in [2.24, 2.45) is 7.05 Å². The van der Waals surface area contributed by atoms with E-state index in [9.17, 15) is 9.59 Å². The quantitative estimate of drug-likeness (QED) is 0.803. The summed E-state index contributed by atoms with van der Waals surface area (Å²) in [6.45, 7) is 6.39. The molecular weight excluding hydrogens is 344 g/mol. The lowest BCUT2D eigenvalue weighted by Gasteiger charge is -2.38. The van der Waals surface area contributed by atoms with Crippen LogP contribution in [-0.2, 0) is 12.5 Å². The minimum atomic E-state index is -0.214. The Morgan fingerprint density at radius 2 is 1.78 bits per heavy atom. The van der Waals surface area contributed by atoms with Crippen LogP contribution in [0.25, 0.3) is 0 Å². The van der Waals surface area contributed by atoms with Crippen LogP contribution in [0.2, 0.25) is 0 Å². The maximum Gasteiger partial charge on any atom is 0.274 e. The number of piperidine rings is 1. The first-order valence-electron chi connectivity index (χ1n) is 9.53. The van der Waals surface area contributed by atoms with Gasteiger partial charge in [0.2, 0.25) is 0 Å². The van der Waals surface area contributed by atoms with E-state index in [0.29, 0.717) is 5.69 Å². The molecule has 144 valence electrons. The third kappa shape index (κ3) is 3.17. The van der Waals surface area contributed by atoms with Gasteiger partial charge >= 0.3 is 0 Å². The predicted octanol–water partition coefficient (Wildman–Crippen LogP) is 1.68. The van der Waals surface area contributed by atoms with Crippen LogP contribution in [0, 0.1) is 0 Å². The Labute approximate surface area is 158 Å². The van der Waals surface area contributed by atoms with Gasteiger partial charge in [0, 0.05) is 36.8 Å². The third-order valence-corrected chi connectivity index (χ3v) is 5.78. The Bertz CT molecular complexity index is 911. The molecule has 0 aromatic carbocycles. The van der Waals surface area contributed by atoms with Crippen LogP contribution >= 0.6 is 0 Å². The summed E-state index contributed by atoms with van der Waals surface area (Å²) < 4.78 is 3.20. The molecule has 0 N–H and O–H groups in total. The van der Waals surface area contributed by atoms with Crippen LogP contribution in [0.1, 0.15) is 68.7 Å². The van der Waals surface area contributed by atoms with Crippen LogP contribution < -0.4 is 5.56 Å². The summed E-state index contributed by atoms with van der Waals surface area (Å²) in [6, 6.07) is 3.56. The highest BCUT2D eigenvalue weighted by Gasteiger charge is 2.44. The van der Waals surface area contributed by atoms with Gasteiger partial charge in [-0.25, -0.2) is 9.36 Å². The molecule has 2 aromatic rings. The molecular formula is C19H26N6O2. The third-order valence-electron chi connectivity index (χ3n) is 5.78. The van der Waals surface area contributed by atoms with Crippen molar-refractivity contribution in [3.8, 4) is 0 Å². The number of aryl methyl sites for hydroxylation is 1. The zero-order valence-electron chi connectivity index (χ0n) is 16.3. The number of carbonyl (C=O) groups excluding carboxylic acids is 1. The van der Waals surface area contributed by atoms with Gasteiger partial charge in [-0.2, -0.15) is 5.10 Å². The number of rotatable bonds is 2. The lowest BCUT2D eigenvalue weighted by Crippen LogP contribution is -2.47. The molecule has 8 nitrogen and oxygen atoms in total. The van der Waals surface area contributed by atoms with Crippen molar-refractivity contribution >= 4 is 5.91 Å². The van der Waals surface area contributed by atoms with Crippen molar-refractivity contribution < 1.29 is 4.79 Å². The normalized spacial score (nSPS) is 25.0. The smallest absolute Gasteiger partial charge is 0.274 e. The van der Waals surface area contributed by atoms with Gasteiger partial charge in [-0.1, -0.05) is 26.0 Å². The lowest BCUT2D eigenvalue weighted by atomic mass is 9.93. The monoisotopic (exact) mass is 370 g/mol. The summed E-state index contributed by atoms with van der Waals surface area (Å²) in [5, 5.41) is 12.8. The van der Waals surface area contributed by atoms with E-state index in [0.717, 1.165) is 31.4 Å². The van der Waals surface area contributed by atoms with E-state index in [1.54, 1.807) is 7.05 Å². The molecule has 2 bridgehead atoms. The molecule has 0 spiro atoms. The van der Waals surface area contributed by atoms with E-state index in [1.165, 1.54) is 16.8 Å². The standard InChI is InChI=1S/C19H26N6O2/c1-19(2,3)16-11-24(22-20-16)14-9-12-5-6-13(10-14)25(12)18(27)15-7-8-17(26)23(4)21-15/h7-8,11-14H,5-6,9-10H2,1-4H3. The lowest BCUT2D eigenvalue weighted by molar-refractivity contribution is 0.0514. The molecule has 2 aliphatic heterocycles. The van der Waals surface area contributed by atoms with E-state index in [1.807, 2.05) is 9.58 Å². The number of amides is 1. The van der Waals surface area contributed by atoms with Crippen molar-refractivity contribution in [2.45, 2.75) is 70.0 Å². The van der Waals surface area contributed by atoms with E-state index >= 15 is 0 Å². The fraction of sp³-hybridized carbons (Fsp3) is 0.632. The highest BCUT2D eigenvalue weighted by atomic mass is 16.2. The molecule has 0 radical (unpaired) electrons. The minimum absolute atomic E-state index is 0.0250. The van der Waals surface area contributed by atoms with Gasteiger partial charge in [-0.3, -0.25) is 9.59 Å². The Hall–Kier alpha value is -2.51. The van der Waals surface area contributed by atoms with Gasteiger partial charge in [0.05, 0.1) is 11.7 Å². The SMILES string of the molecule is Cn1nc(C(=O)N2C3CCC2CC(n2cc(C(C)(C)C)nn2)C3)ccc1=O. The Morgan fingerprint density at radius 3 is 2.33 bits per heavy atom. The predicted molar refractivity (Wildman–Crippen MR) is 99.5 cm³/mol. The first-order valence-corrected chi connectivity index (χ1v) is 9.53. The Balaban J connectivity index is 1.53. The molecule has 0 aliphatic carbocycles. The molecule has 2 fully saturated rings. The summed E-state index contributed by atoms with van der Waals surface area (Å²) in [5.74, 6) is -0.0782. The molecule has 27 heavy (non-hydrogen) atoms. The molecule has 4 heterocycles. The van der Waals surface area contributed by atoms with Gasteiger partial charge in [0.1, 0.15) is 5.69 Å². The van der Waals surface area contributed by atoms with E-state index in [2.05, 4.69) is 42.4 Å². The van der Waals surface area contributed by atoms with Crippen molar-refractivity contribution in [1.29, 1.82) is 0 Å². The van der Waals surface area contributed by atoms with E-state index < -0.39 is 0 Å². The average Bonchev–Trinajstić information content (AvgIpc) is 3.20. The van der Waals surface area contributed by atoms with E-state index in [4.69, 9.17) is 0 Å². The fourth-order valence-corrected chi connectivity index (χ4v) is 4.24. The molecule has 0 saturated carbocycles. The number of nitrogens with zero attached hydrogens (tertiary/aromatic N) is 6. The average molecular weight is 370 g/mol. The summed E-state index contributed by atoms with van der Waals surface area (Å²) >= 11 is 0. The zero-order chi connectivity index (χ0) is 19.3. The highest BCUT2D eigenvalue weighted by Crippen LogP contribution is 2.41. The van der Waals surface area contributed by atoms with Crippen LogP contribution in [0.4, 0.5) is 0 Å². The second-order valence-electron chi connectivity index (χ2n) is 8.74. The molecule has 2 unspecified atom stereocenters. The van der Waals surface area contributed by atoms with Gasteiger partial charge < -0.3 is 4.90 Å². The number of carbonyl (C=O) groups is 1.